The van der Waals surface area contributed by atoms with Crippen LogP contribution in [0.3, 0.4) is 0 Å². The molecule has 0 bridgehead atoms. The van der Waals surface area contributed by atoms with Gasteiger partial charge in [-0.05, 0) is 24.8 Å². The summed E-state index contributed by atoms with van der Waals surface area (Å²) in [6.45, 7) is 0. The van der Waals surface area contributed by atoms with Crippen LogP contribution in [-0.4, -0.2) is 6.29 Å². The molecule has 10 heavy (non-hydrogen) atoms. The second-order valence-electron chi connectivity index (χ2n) is 2.78. The zero-order chi connectivity index (χ0) is 7.40. The zero-order valence-corrected chi connectivity index (χ0v) is 6.05. The Morgan fingerprint density at radius 2 is 2.00 bits per heavy atom. The number of rotatable bonds is 2. The minimum absolute atomic E-state index is 0.491. The maximum Gasteiger partial charge on any atom is 0.144 e. The summed E-state index contributed by atoms with van der Waals surface area (Å²) in [5.41, 5.74) is 6.39. The molecule has 0 saturated heterocycles. The molecule has 0 aliphatic heterocycles. The first kappa shape index (κ1) is 7.32. The molecule has 2 nitrogen and oxygen atoms in total. The molecule has 1 fully saturated rings. The van der Waals surface area contributed by atoms with Crippen LogP contribution in [-0.2, 0) is 4.79 Å². The number of hydrogen-bond donors (Lipinski definition) is 1. The van der Waals surface area contributed by atoms with Crippen molar-refractivity contribution in [3.8, 4) is 0 Å². The van der Waals surface area contributed by atoms with Crippen molar-refractivity contribution in [1.82, 2.24) is 0 Å². The first-order valence-corrected chi connectivity index (χ1v) is 3.75. The van der Waals surface area contributed by atoms with Gasteiger partial charge >= 0.3 is 0 Å². The molecule has 1 aliphatic rings. The van der Waals surface area contributed by atoms with Gasteiger partial charge in [-0.3, -0.25) is 4.79 Å². The number of hydrogen-bond acceptors (Lipinski definition) is 2. The van der Waals surface area contributed by atoms with Crippen LogP contribution in [0.15, 0.2) is 11.8 Å². The van der Waals surface area contributed by atoms with Gasteiger partial charge < -0.3 is 5.73 Å². The van der Waals surface area contributed by atoms with Crippen LogP contribution >= 0.6 is 0 Å². The monoisotopic (exact) mass is 139 g/mol. The quantitative estimate of drug-likeness (QED) is 0.461. The Bertz CT molecular complexity index is 145. The fraction of sp³-hybridized carbons (Fsp3) is 0.625. The molecule has 1 aliphatic carbocycles. The maximum atomic E-state index is 10.0. The lowest BCUT2D eigenvalue weighted by Crippen LogP contribution is -2.08. The molecule has 0 amide bonds. The highest BCUT2D eigenvalue weighted by atomic mass is 16.1. The summed E-state index contributed by atoms with van der Waals surface area (Å²) in [7, 11) is 0. The fourth-order valence-electron chi connectivity index (χ4n) is 1.47. The molecule has 56 valence electrons. The molecular formula is C8H13NO. The number of carbonyl (C=O) groups is 1. The molecule has 0 spiro atoms. The van der Waals surface area contributed by atoms with Crippen LogP contribution < -0.4 is 5.73 Å². The van der Waals surface area contributed by atoms with E-state index < -0.39 is 0 Å². The highest BCUT2D eigenvalue weighted by molar-refractivity contribution is 5.65. The number of allylic oxidation sites excluding steroid dienone is 2. The van der Waals surface area contributed by atoms with Gasteiger partial charge in [0.2, 0.25) is 0 Å². The van der Waals surface area contributed by atoms with Crippen molar-refractivity contribution in [2.24, 2.45) is 11.7 Å². The van der Waals surface area contributed by atoms with Crippen LogP contribution in [0.4, 0.5) is 0 Å². The highest BCUT2D eigenvalue weighted by Crippen LogP contribution is 2.28. The number of carbonyl (C=O) groups excluding carboxylic acids is 1. The third-order valence-corrected chi connectivity index (χ3v) is 2.09. The smallest absolute Gasteiger partial charge is 0.144 e. The lowest BCUT2D eigenvalue weighted by atomic mass is 10.0. The average Bonchev–Trinajstić information content (AvgIpc) is 2.38. The average molecular weight is 139 g/mol. The lowest BCUT2D eigenvalue weighted by Gasteiger charge is -2.06. The Morgan fingerprint density at radius 1 is 1.40 bits per heavy atom. The number of aldehydes is 1. The van der Waals surface area contributed by atoms with Crippen molar-refractivity contribution in [2.45, 2.75) is 25.7 Å². The van der Waals surface area contributed by atoms with Crippen LogP contribution in [0.5, 0.6) is 0 Å². The Balaban J connectivity index is 2.46. The molecular weight excluding hydrogens is 126 g/mol. The molecule has 0 aromatic heterocycles. The minimum Gasteiger partial charge on any atom is -0.402 e. The molecule has 2 heteroatoms. The van der Waals surface area contributed by atoms with Crippen molar-refractivity contribution in [2.75, 3.05) is 0 Å². The van der Waals surface area contributed by atoms with Crippen molar-refractivity contribution in [3.63, 3.8) is 0 Å². The first-order valence-electron chi connectivity index (χ1n) is 3.75. The molecule has 0 heterocycles. The van der Waals surface area contributed by atoms with Gasteiger partial charge in [-0.2, -0.15) is 0 Å². The van der Waals surface area contributed by atoms with Gasteiger partial charge in [-0.15, -0.1) is 0 Å². The zero-order valence-electron chi connectivity index (χ0n) is 6.05. The van der Waals surface area contributed by atoms with E-state index in [0.717, 1.165) is 24.8 Å². The molecule has 0 atom stereocenters. The van der Waals surface area contributed by atoms with Crippen LogP contribution in [0, 0.1) is 5.92 Å². The van der Waals surface area contributed by atoms with E-state index in [4.69, 9.17) is 5.73 Å². The van der Waals surface area contributed by atoms with E-state index in [1.54, 1.807) is 0 Å². The Morgan fingerprint density at radius 3 is 2.50 bits per heavy atom. The van der Waals surface area contributed by atoms with Gasteiger partial charge in [0, 0.05) is 5.70 Å². The van der Waals surface area contributed by atoms with Crippen LogP contribution in [0.1, 0.15) is 25.7 Å². The number of nitrogens with two attached hydrogens (primary N) is 1. The highest BCUT2D eigenvalue weighted by Gasteiger charge is 2.16. The summed E-state index contributed by atoms with van der Waals surface area (Å²) >= 11 is 0. The van der Waals surface area contributed by atoms with Crippen LogP contribution in [0.25, 0.3) is 0 Å². The molecule has 0 unspecified atom stereocenters. The summed E-state index contributed by atoms with van der Waals surface area (Å²) in [5.74, 6) is 0.491. The third kappa shape index (κ3) is 1.59. The molecule has 1 saturated carbocycles. The molecule has 0 radical (unpaired) electrons. The molecule has 0 aromatic rings. The van der Waals surface area contributed by atoms with E-state index in [9.17, 15) is 4.79 Å². The second-order valence-corrected chi connectivity index (χ2v) is 2.78. The maximum absolute atomic E-state index is 10.0. The first-order chi connectivity index (χ1) is 4.84. The van der Waals surface area contributed by atoms with Gasteiger partial charge in [-0.1, -0.05) is 12.8 Å². The minimum atomic E-state index is 0.491. The summed E-state index contributed by atoms with van der Waals surface area (Å²) in [6.07, 6.45) is 7.10. The Labute approximate surface area is 61.1 Å². The fourth-order valence-corrected chi connectivity index (χ4v) is 1.47. The van der Waals surface area contributed by atoms with E-state index in [0.29, 0.717) is 5.92 Å². The van der Waals surface area contributed by atoms with Crippen molar-refractivity contribution >= 4 is 6.29 Å². The summed E-state index contributed by atoms with van der Waals surface area (Å²) in [5, 5.41) is 0. The van der Waals surface area contributed by atoms with E-state index >= 15 is 0 Å². The topological polar surface area (TPSA) is 43.1 Å². The van der Waals surface area contributed by atoms with E-state index in [1.165, 1.54) is 18.9 Å². The Kier molecular flexibility index (Phi) is 2.49. The van der Waals surface area contributed by atoms with Crippen LogP contribution in [0.2, 0.25) is 0 Å². The van der Waals surface area contributed by atoms with Crippen molar-refractivity contribution in [3.05, 3.63) is 11.8 Å². The summed E-state index contributed by atoms with van der Waals surface area (Å²) < 4.78 is 0. The molecule has 2 N–H and O–H groups in total. The SMILES string of the molecule is NC(=CC=O)C1CCCC1. The lowest BCUT2D eigenvalue weighted by molar-refractivity contribution is -0.104. The summed E-state index contributed by atoms with van der Waals surface area (Å²) in [6, 6.07) is 0. The van der Waals surface area contributed by atoms with Gasteiger partial charge in [0.1, 0.15) is 6.29 Å². The molecule has 0 aromatic carbocycles. The van der Waals surface area contributed by atoms with Gasteiger partial charge in [-0.25, -0.2) is 0 Å². The normalized spacial score (nSPS) is 21.4. The Hall–Kier alpha value is -0.790. The largest absolute Gasteiger partial charge is 0.402 e. The second kappa shape index (κ2) is 3.40. The van der Waals surface area contributed by atoms with Crippen molar-refractivity contribution in [1.29, 1.82) is 0 Å². The predicted molar refractivity (Wildman–Crippen MR) is 40.3 cm³/mol. The van der Waals surface area contributed by atoms with Crippen molar-refractivity contribution < 1.29 is 4.79 Å². The van der Waals surface area contributed by atoms with Gasteiger partial charge in [0.25, 0.3) is 0 Å². The van der Waals surface area contributed by atoms with Gasteiger partial charge in [0.05, 0.1) is 0 Å². The standard InChI is InChI=1S/C8H13NO/c9-8(5-6-10)7-3-1-2-4-7/h5-7H,1-4,9H2. The van der Waals surface area contributed by atoms with Gasteiger partial charge in [0.15, 0.2) is 0 Å². The summed E-state index contributed by atoms with van der Waals surface area (Å²) in [4.78, 5) is 10.0. The predicted octanol–water partition coefficient (Wildman–Crippen LogP) is 1.22. The molecule has 1 rings (SSSR count). The van der Waals surface area contributed by atoms with E-state index in [2.05, 4.69) is 0 Å². The third-order valence-electron chi connectivity index (χ3n) is 2.09. The van der Waals surface area contributed by atoms with E-state index in [1.807, 2.05) is 0 Å². The van der Waals surface area contributed by atoms with E-state index in [-0.39, 0.29) is 0 Å².